The lowest BCUT2D eigenvalue weighted by Gasteiger charge is -1.92. The van der Waals surface area contributed by atoms with Crippen molar-refractivity contribution < 1.29 is 4.92 Å². The lowest BCUT2D eigenvalue weighted by atomic mass is 10.3. The van der Waals surface area contributed by atoms with Gasteiger partial charge < -0.3 is 9.13 Å². The van der Waals surface area contributed by atoms with E-state index < -0.39 is 4.92 Å². The number of nitro groups is 1. The van der Waals surface area contributed by atoms with Crippen LogP contribution in [-0.2, 0) is 14.1 Å². The predicted octanol–water partition coefficient (Wildman–Crippen LogP) is 1.87. The Morgan fingerprint density at radius 3 is 2.21 bits per heavy atom. The fourth-order valence-corrected chi connectivity index (χ4v) is 1.48. The first-order valence-corrected chi connectivity index (χ1v) is 5.45. The van der Waals surface area contributed by atoms with Crippen LogP contribution in [0.2, 0.25) is 0 Å². The zero-order valence-electron chi connectivity index (χ0n) is 10.5. The van der Waals surface area contributed by atoms with Crippen molar-refractivity contribution in [3.8, 4) is 0 Å². The van der Waals surface area contributed by atoms with E-state index in [4.69, 9.17) is 0 Å². The molecule has 98 valence electrons. The molecule has 0 bridgehead atoms. The molecule has 0 saturated heterocycles. The van der Waals surface area contributed by atoms with Gasteiger partial charge in [0.1, 0.15) is 0 Å². The second kappa shape index (κ2) is 5.25. The van der Waals surface area contributed by atoms with Crippen molar-refractivity contribution in [2.45, 2.75) is 0 Å². The average Bonchev–Trinajstić information content (AvgIpc) is 2.71. The molecule has 1 aromatic heterocycles. The third-order valence-corrected chi connectivity index (χ3v) is 2.50. The van der Waals surface area contributed by atoms with Crippen molar-refractivity contribution in [1.82, 2.24) is 9.13 Å². The lowest BCUT2D eigenvalue weighted by Crippen LogP contribution is -2.20. The highest BCUT2D eigenvalue weighted by Crippen LogP contribution is 2.17. The van der Waals surface area contributed by atoms with Crippen LogP contribution < -0.4 is 5.62 Å². The number of benzene rings is 1. The molecular formula is C11H12N6O2. The number of aromatic nitrogens is 2. The Labute approximate surface area is 108 Å². The summed E-state index contributed by atoms with van der Waals surface area (Å²) in [5, 5.41) is 22.0. The van der Waals surface area contributed by atoms with Gasteiger partial charge in [-0.05, 0) is 17.4 Å². The normalized spacial score (nSPS) is 10.8. The van der Waals surface area contributed by atoms with Gasteiger partial charge in [-0.25, -0.2) is 0 Å². The lowest BCUT2D eigenvalue weighted by molar-refractivity contribution is -0.384. The van der Waals surface area contributed by atoms with Crippen LogP contribution in [0.25, 0.3) is 0 Å². The molecule has 8 nitrogen and oxygen atoms in total. The Morgan fingerprint density at radius 1 is 1.11 bits per heavy atom. The van der Waals surface area contributed by atoms with Gasteiger partial charge in [-0.15, -0.1) is 5.11 Å². The van der Waals surface area contributed by atoms with Gasteiger partial charge >= 0.3 is 0 Å². The van der Waals surface area contributed by atoms with E-state index in [-0.39, 0.29) is 5.69 Å². The number of rotatable bonds is 3. The molecule has 0 atom stereocenters. The van der Waals surface area contributed by atoms with Crippen molar-refractivity contribution in [3.63, 3.8) is 0 Å². The number of hydrogen-bond donors (Lipinski definition) is 0. The highest BCUT2D eigenvalue weighted by atomic mass is 16.6. The first-order valence-electron chi connectivity index (χ1n) is 5.45. The molecule has 0 N–H and O–H groups in total. The van der Waals surface area contributed by atoms with E-state index in [1.807, 2.05) is 26.5 Å². The molecule has 0 unspecified atom stereocenters. The molecule has 0 fully saturated rings. The summed E-state index contributed by atoms with van der Waals surface area (Å²) in [4.78, 5) is 10.0. The molecule has 2 rings (SSSR count). The number of hydrogen-bond acceptors (Lipinski definition) is 4. The SMILES string of the molecule is Cn1ccn(C)c1=NN=Nc1ccc([N+](=O)[O-])cc1. The van der Waals surface area contributed by atoms with Gasteiger partial charge in [0.25, 0.3) is 5.69 Å². The summed E-state index contributed by atoms with van der Waals surface area (Å²) < 4.78 is 3.60. The molecule has 0 aliphatic rings. The second-order valence-electron chi connectivity index (χ2n) is 3.88. The number of nitro benzene ring substituents is 1. The Balaban J connectivity index is 2.20. The first-order chi connectivity index (χ1) is 9.08. The number of nitrogens with zero attached hydrogens (tertiary/aromatic N) is 6. The van der Waals surface area contributed by atoms with E-state index in [9.17, 15) is 10.1 Å². The third-order valence-electron chi connectivity index (χ3n) is 2.50. The number of aryl methyl sites for hydroxylation is 2. The van der Waals surface area contributed by atoms with Gasteiger partial charge in [-0.3, -0.25) is 10.1 Å². The van der Waals surface area contributed by atoms with Crippen molar-refractivity contribution in [3.05, 3.63) is 52.4 Å². The first kappa shape index (κ1) is 12.7. The maximum absolute atomic E-state index is 10.5. The van der Waals surface area contributed by atoms with Crippen LogP contribution in [0.15, 0.2) is 52.1 Å². The third kappa shape index (κ3) is 2.92. The molecule has 19 heavy (non-hydrogen) atoms. The predicted molar refractivity (Wildman–Crippen MR) is 67.6 cm³/mol. The largest absolute Gasteiger partial charge is 0.319 e. The van der Waals surface area contributed by atoms with Crippen molar-refractivity contribution in [2.75, 3.05) is 0 Å². The minimum atomic E-state index is -0.463. The zero-order valence-corrected chi connectivity index (χ0v) is 10.5. The van der Waals surface area contributed by atoms with Crippen LogP contribution >= 0.6 is 0 Å². The van der Waals surface area contributed by atoms with Crippen molar-refractivity contribution >= 4 is 11.4 Å². The average molecular weight is 260 g/mol. The summed E-state index contributed by atoms with van der Waals surface area (Å²) in [5.74, 6) is 0. The van der Waals surface area contributed by atoms with Crippen LogP contribution in [0.3, 0.4) is 0 Å². The van der Waals surface area contributed by atoms with E-state index in [1.165, 1.54) is 24.3 Å². The molecule has 0 saturated carbocycles. The Hall–Kier alpha value is -2.77. The molecule has 0 amide bonds. The van der Waals surface area contributed by atoms with Gasteiger partial charge in [-0.2, -0.15) is 0 Å². The van der Waals surface area contributed by atoms with Crippen LogP contribution in [0.5, 0.6) is 0 Å². The van der Waals surface area contributed by atoms with Crippen LogP contribution in [0, 0.1) is 10.1 Å². The molecular weight excluding hydrogens is 248 g/mol. The topological polar surface area (TPSA) is 90.1 Å². The molecule has 2 aromatic rings. The summed E-state index contributed by atoms with van der Waals surface area (Å²) in [7, 11) is 3.69. The Bertz CT molecular complexity index is 657. The van der Waals surface area contributed by atoms with Crippen LogP contribution in [0.4, 0.5) is 11.4 Å². The summed E-state index contributed by atoms with van der Waals surface area (Å²) in [6.07, 6.45) is 3.69. The fourth-order valence-electron chi connectivity index (χ4n) is 1.48. The molecule has 0 aliphatic heterocycles. The van der Waals surface area contributed by atoms with E-state index in [0.29, 0.717) is 11.3 Å². The van der Waals surface area contributed by atoms with E-state index in [2.05, 4.69) is 15.4 Å². The number of imidazole rings is 1. The Morgan fingerprint density at radius 2 is 1.68 bits per heavy atom. The zero-order chi connectivity index (χ0) is 13.8. The maximum atomic E-state index is 10.5. The van der Waals surface area contributed by atoms with Gasteiger partial charge in [0.2, 0.25) is 5.62 Å². The van der Waals surface area contributed by atoms with E-state index in [1.54, 1.807) is 9.13 Å². The van der Waals surface area contributed by atoms with Crippen LogP contribution in [-0.4, -0.2) is 14.1 Å². The van der Waals surface area contributed by atoms with Gasteiger partial charge in [0.15, 0.2) is 0 Å². The molecule has 0 aliphatic carbocycles. The monoisotopic (exact) mass is 260 g/mol. The van der Waals surface area contributed by atoms with E-state index >= 15 is 0 Å². The molecule has 1 heterocycles. The fraction of sp³-hybridized carbons (Fsp3) is 0.182. The quantitative estimate of drug-likeness (QED) is 0.479. The van der Waals surface area contributed by atoms with Gasteiger partial charge in [0.05, 0.1) is 10.6 Å². The summed E-state index contributed by atoms with van der Waals surface area (Å²) >= 11 is 0. The summed E-state index contributed by atoms with van der Waals surface area (Å²) in [6.45, 7) is 0. The standard InChI is InChI=1S/C11H12N6O2/c1-15-7-8-16(2)11(15)13-14-12-9-3-5-10(6-4-9)17(18)19/h3-8H,1-2H3. The summed E-state index contributed by atoms with van der Waals surface area (Å²) in [5.41, 5.74) is 1.17. The minimum absolute atomic E-state index is 0.0183. The molecule has 1 aromatic carbocycles. The van der Waals surface area contributed by atoms with Crippen molar-refractivity contribution in [1.29, 1.82) is 0 Å². The smallest absolute Gasteiger partial charge is 0.269 e. The van der Waals surface area contributed by atoms with Gasteiger partial charge in [0, 0.05) is 38.6 Å². The molecule has 8 heteroatoms. The highest BCUT2D eigenvalue weighted by Gasteiger charge is 2.02. The van der Waals surface area contributed by atoms with Crippen LogP contribution in [0.1, 0.15) is 0 Å². The highest BCUT2D eigenvalue weighted by molar-refractivity contribution is 5.43. The maximum Gasteiger partial charge on any atom is 0.269 e. The van der Waals surface area contributed by atoms with Gasteiger partial charge in [-0.1, -0.05) is 5.10 Å². The molecule has 0 spiro atoms. The van der Waals surface area contributed by atoms with E-state index in [0.717, 1.165) is 0 Å². The molecule has 0 radical (unpaired) electrons. The summed E-state index contributed by atoms with van der Waals surface area (Å²) in [6, 6.07) is 5.78. The van der Waals surface area contributed by atoms with Crippen molar-refractivity contribution in [2.24, 2.45) is 29.5 Å². The Kier molecular flexibility index (Phi) is 3.51. The minimum Gasteiger partial charge on any atom is -0.319 e. The number of non-ortho nitro benzene ring substituents is 1. The second-order valence-corrected chi connectivity index (χ2v) is 3.88.